The lowest BCUT2D eigenvalue weighted by Crippen LogP contribution is -2.51. The van der Waals surface area contributed by atoms with Crippen LogP contribution in [0, 0.1) is 18.7 Å². The molecule has 4 heteroatoms. The SMILES string of the molecule is Cc1ncn(C)c1-c1cc2c(cc1F)NC(C)(C)C1CCCC21C. The van der Waals surface area contributed by atoms with Gasteiger partial charge in [0, 0.05) is 23.8 Å². The number of rotatable bonds is 1. The predicted molar refractivity (Wildman–Crippen MR) is 95.7 cm³/mol. The molecule has 0 saturated heterocycles. The summed E-state index contributed by atoms with van der Waals surface area (Å²) in [6, 6.07) is 3.77. The molecule has 4 rings (SSSR count). The smallest absolute Gasteiger partial charge is 0.134 e. The first kappa shape index (κ1) is 15.7. The molecule has 1 saturated carbocycles. The molecule has 128 valence electrons. The Morgan fingerprint density at radius 2 is 2.04 bits per heavy atom. The van der Waals surface area contributed by atoms with Crippen molar-refractivity contribution < 1.29 is 4.39 Å². The fraction of sp³-hybridized carbons (Fsp3) is 0.550. The third kappa shape index (κ3) is 1.98. The number of imidazole rings is 1. The summed E-state index contributed by atoms with van der Waals surface area (Å²) in [6.07, 6.45) is 5.40. The number of anilines is 1. The standard InChI is InChI=1S/C20H26FN3/c1-12-18(24(5)11-22-12)13-9-14-16(10-15(13)21)23-19(2,3)17-7-6-8-20(14,17)4/h9-11,17,23H,6-8H2,1-5H3. The van der Waals surface area contributed by atoms with Gasteiger partial charge in [0.1, 0.15) is 5.82 Å². The van der Waals surface area contributed by atoms with Gasteiger partial charge in [0.2, 0.25) is 0 Å². The maximum absolute atomic E-state index is 14.9. The first-order valence-electron chi connectivity index (χ1n) is 8.84. The lowest BCUT2D eigenvalue weighted by atomic mass is 9.63. The summed E-state index contributed by atoms with van der Waals surface area (Å²) in [7, 11) is 1.93. The zero-order valence-corrected chi connectivity index (χ0v) is 15.2. The van der Waals surface area contributed by atoms with E-state index in [2.05, 4.69) is 37.1 Å². The third-order valence-corrected chi connectivity index (χ3v) is 6.38. The molecule has 1 N–H and O–H groups in total. The molecule has 0 radical (unpaired) electrons. The van der Waals surface area contributed by atoms with E-state index in [1.165, 1.54) is 24.8 Å². The van der Waals surface area contributed by atoms with Crippen LogP contribution in [-0.4, -0.2) is 15.1 Å². The second kappa shape index (κ2) is 4.84. The highest BCUT2D eigenvalue weighted by molar-refractivity contribution is 5.71. The van der Waals surface area contributed by atoms with Gasteiger partial charge < -0.3 is 9.88 Å². The van der Waals surface area contributed by atoms with Crippen molar-refractivity contribution in [1.29, 1.82) is 0 Å². The summed E-state index contributed by atoms with van der Waals surface area (Å²) < 4.78 is 16.9. The van der Waals surface area contributed by atoms with E-state index in [0.717, 1.165) is 17.1 Å². The Labute approximate surface area is 143 Å². The monoisotopic (exact) mass is 327 g/mol. The lowest BCUT2D eigenvalue weighted by Gasteiger charge is -2.49. The Morgan fingerprint density at radius 3 is 2.71 bits per heavy atom. The summed E-state index contributed by atoms with van der Waals surface area (Å²) in [4.78, 5) is 4.33. The van der Waals surface area contributed by atoms with Gasteiger partial charge in [-0.15, -0.1) is 0 Å². The van der Waals surface area contributed by atoms with E-state index in [1.807, 2.05) is 18.5 Å². The molecular formula is C20H26FN3. The molecule has 1 fully saturated rings. The van der Waals surface area contributed by atoms with Gasteiger partial charge in [-0.3, -0.25) is 0 Å². The maximum atomic E-state index is 14.9. The van der Waals surface area contributed by atoms with E-state index in [0.29, 0.717) is 11.5 Å². The van der Waals surface area contributed by atoms with Crippen molar-refractivity contribution in [1.82, 2.24) is 9.55 Å². The summed E-state index contributed by atoms with van der Waals surface area (Å²) in [5.74, 6) is 0.396. The summed E-state index contributed by atoms with van der Waals surface area (Å²) in [5.41, 5.74) is 4.74. The van der Waals surface area contributed by atoms with Gasteiger partial charge in [0.05, 0.1) is 17.7 Å². The van der Waals surface area contributed by atoms with Crippen molar-refractivity contribution in [2.24, 2.45) is 13.0 Å². The summed E-state index contributed by atoms with van der Waals surface area (Å²) in [6.45, 7) is 8.81. The van der Waals surface area contributed by atoms with Gasteiger partial charge in [-0.2, -0.15) is 0 Å². The highest BCUT2D eigenvalue weighted by Gasteiger charge is 2.52. The topological polar surface area (TPSA) is 29.9 Å². The van der Waals surface area contributed by atoms with E-state index < -0.39 is 0 Å². The van der Waals surface area contributed by atoms with Gasteiger partial charge in [-0.05, 0) is 62.6 Å². The number of benzene rings is 1. The molecule has 2 heterocycles. The highest BCUT2D eigenvalue weighted by atomic mass is 19.1. The number of aryl methyl sites for hydroxylation is 2. The average Bonchev–Trinajstić information content (AvgIpc) is 3.04. The van der Waals surface area contributed by atoms with Crippen molar-refractivity contribution in [2.45, 2.75) is 57.9 Å². The van der Waals surface area contributed by atoms with Gasteiger partial charge in [-0.1, -0.05) is 13.3 Å². The van der Waals surface area contributed by atoms with Gasteiger partial charge in [-0.25, -0.2) is 9.37 Å². The van der Waals surface area contributed by atoms with Gasteiger partial charge in [0.25, 0.3) is 0 Å². The largest absolute Gasteiger partial charge is 0.380 e. The van der Waals surface area contributed by atoms with Crippen LogP contribution < -0.4 is 5.32 Å². The van der Waals surface area contributed by atoms with E-state index >= 15 is 0 Å². The Hall–Kier alpha value is -1.84. The Balaban J connectivity index is 1.95. The van der Waals surface area contributed by atoms with Crippen LogP contribution >= 0.6 is 0 Å². The van der Waals surface area contributed by atoms with Gasteiger partial charge in [0.15, 0.2) is 0 Å². The van der Waals surface area contributed by atoms with Crippen molar-refractivity contribution in [3.05, 3.63) is 35.5 Å². The van der Waals surface area contributed by atoms with E-state index in [-0.39, 0.29) is 16.8 Å². The zero-order valence-electron chi connectivity index (χ0n) is 15.2. The van der Waals surface area contributed by atoms with Crippen molar-refractivity contribution >= 4 is 5.69 Å². The van der Waals surface area contributed by atoms with Crippen LogP contribution in [0.15, 0.2) is 18.5 Å². The summed E-state index contributed by atoms with van der Waals surface area (Å²) >= 11 is 0. The van der Waals surface area contributed by atoms with Crippen LogP contribution in [0.4, 0.5) is 10.1 Å². The lowest BCUT2D eigenvalue weighted by molar-refractivity contribution is 0.230. The zero-order chi connectivity index (χ0) is 17.3. The number of fused-ring (bicyclic) bond motifs is 3. The summed E-state index contributed by atoms with van der Waals surface area (Å²) in [5, 5.41) is 3.61. The van der Waals surface area contributed by atoms with Gasteiger partial charge >= 0.3 is 0 Å². The van der Waals surface area contributed by atoms with E-state index in [4.69, 9.17) is 0 Å². The first-order chi connectivity index (χ1) is 11.2. The normalized spacial score (nSPS) is 27.5. The Morgan fingerprint density at radius 1 is 1.29 bits per heavy atom. The van der Waals surface area contributed by atoms with Crippen LogP contribution in [-0.2, 0) is 12.5 Å². The van der Waals surface area contributed by atoms with E-state index in [9.17, 15) is 4.39 Å². The molecule has 1 aromatic heterocycles. The van der Waals surface area contributed by atoms with Crippen molar-refractivity contribution in [3.63, 3.8) is 0 Å². The van der Waals surface area contributed by atoms with Crippen LogP contribution in [0.3, 0.4) is 0 Å². The minimum absolute atomic E-state index is 0.00531. The molecule has 2 aromatic rings. The Kier molecular flexibility index (Phi) is 3.16. The number of nitrogens with zero attached hydrogens (tertiary/aromatic N) is 2. The van der Waals surface area contributed by atoms with Crippen LogP contribution in [0.25, 0.3) is 11.3 Å². The molecule has 0 amide bonds. The molecule has 2 unspecified atom stereocenters. The minimum atomic E-state index is -0.177. The number of nitrogens with one attached hydrogen (secondary N) is 1. The maximum Gasteiger partial charge on any atom is 0.134 e. The van der Waals surface area contributed by atoms with Crippen molar-refractivity contribution in [3.8, 4) is 11.3 Å². The molecule has 2 atom stereocenters. The molecule has 24 heavy (non-hydrogen) atoms. The fourth-order valence-corrected chi connectivity index (χ4v) is 5.34. The minimum Gasteiger partial charge on any atom is -0.380 e. The second-order valence-electron chi connectivity index (χ2n) is 8.38. The van der Waals surface area contributed by atoms with E-state index in [1.54, 1.807) is 12.4 Å². The number of aromatic nitrogens is 2. The number of hydrogen-bond acceptors (Lipinski definition) is 2. The number of hydrogen-bond donors (Lipinski definition) is 1. The first-order valence-corrected chi connectivity index (χ1v) is 8.84. The average molecular weight is 327 g/mol. The predicted octanol–water partition coefficient (Wildman–Crippen LogP) is 4.80. The molecule has 1 aromatic carbocycles. The molecule has 3 nitrogen and oxygen atoms in total. The van der Waals surface area contributed by atoms with Crippen LogP contribution in [0.2, 0.25) is 0 Å². The highest BCUT2D eigenvalue weighted by Crippen LogP contribution is 2.56. The quantitative estimate of drug-likeness (QED) is 0.815. The molecule has 2 aliphatic rings. The second-order valence-corrected chi connectivity index (χ2v) is 8.38. The molecule has 1 aliphatic heterocycles. The van der Waals surface area contributed by atoms with Crippen LogP contribution in [0.1, 0.15) is 51.3 Å². The van der Waals surface area contributed by atoms with Crippen molar-refractivity contribution in [2.75, 3.05) is 5.32 Å². The van der Waals surface area contributed by atoms with Crippen LogP contribution in [0.5, 0.6) is 0 Å². The molecule has 0 spiro atoms. The molecular weight excluding hydrogens is 301 g/mol. The molecule has 0 bridgehead atoms. The third-order valence-electron chi connectivity index (χ3n) is 6.38. The fourth-order valence-electron chi connectivity index (χ4n) is 5.34. The number of halogens is 1. The molecule has 1 aliphatic carbocycles. The Bertz CT molecular complexity index is 801.